The molecule has 0 aliphatic rings. The second kappa shape index (κ2) is 5.12. The van der Waals surface area contributed by atoms with Crippen molar-refractivity contribution in [3.63, 3.8) is 0 Å². The Morgan fingerprint density at radius 3 is 1.89 bits per heavy atom. The zero-order chi connectivity index (χ0) is 13.0. The van der Waals surface area contributed by atoms with Gasteiger partial charge in [-0.1, -0.05) is 42.5 Å². The molecule has 0 N–H and O–H groups in total. The lowest BCUT2D eigenvalue weighted by molar-refractivity contribution is -0.153. The Labute approximate surface area is 103 Å². The number of halogens is 3. The highest BCUT2D eigenvalue weighted by molar-refractivity contribution is 5.63. The van der Waals surface area contributed by atoms with Crippen LogP contribution in [0.4, 0.5) is 13.2 Å². The standard InChI is InChI=1S/C14H11F3O/c15-14(16,17)10-18-13-8-6-12(7-9-13)11-4-2-1-3-5-11/h1-9H,10H2. The van der Waals surface area contributed by atoms with E-state index in [1.54, 1.807) is 12.1 Å². The summed E-state index contributed by atoms with van der Waals surface area (Å²) in [5.74, 6) is 0.215. The first-order valence-corrected chi connectivity index (χ1v) is 5.40. The zero-order valence-electron chi connectivity index (χ0n) is 9.45. The topological polar surface area (TPSA) is 9.23 Å². The van der Waals surface area contributed by atoms with Crippen LogP contribution in [0.5, 0.6) is 5.75 Å². The minimum absolute atomic E-state index is 0.215. The molecule has 2 aromatic carbocycles. The number of benzene rings is 2. The van der Waals surface area contributed by atoms with Gasteiger partial charge in [-0.2, -0.15) is 13.2 Å². The summed E-state index contributed by atoms with van der Waals surface area (Å²) in [6, 6.07) is 16.1. The van der Waals surface area contributed by atoms with Crippen LogP contribution in [0.25, 0.3) is 11.1 Å². The molecule has 1 nitrogen and oxygen atoms in total. The van der Waals surface area contributed by atoms with E-state index in [0.29, 0.717) is 0 Å². The van der Waals surface area contributed by atoms with Crippen LogP contribution in [-0.2, 0) is 0 Å². The second-order valence-electron chi connectivity index (χ2n) is 3.79. The van der Waals surface area contributed by atoms with Gasteiger partial charge in [0.2, 0.25) is 0 Å². The number of alkyl halides is 3. The van der Waals surface area contributed by atoms with Gasteiger partial charge in [0.05, 0.1) is 0 Å². The summed E-state index contributed by atoms with van der Waals surface area (Å²) in [7, 11) is 0. The summed E-state index contributed by atoms with van der Waals surface area (Å²) in [6.07, 6.45) is -4.31. The molecular weight excluding hydrogens is 241 g/mol. The monoisotopic (exact) mass is 252 g/mol. The third-order valence-corrected chi connectivity index (χ3v) is 2.36. The fourth-order valence-electron chi connectivity index (χ4n) is 1.54. The molecule has 0 aliphatic carbocycles. The van der Waals surface area contributed by atoms with Gasteiger partial charge in [-0.15, -0.1) is 0 Å². The molecule has 0 aliphatic heterocycles. The third-order valence-electron chi connectivity index (χ3n) is 2.36. The van der Waals surface area contributed by atoms with Crippen molar-refractivity contribution in [2.45, 2.75) is 6.18 Å². The molecule has 0 atom stereocenters. The molecule has 2 rings (SSSR count). The summed E-state index contributed by atoms with van der Waals surface area (Å²) in [6.45, 7) is -1.27. The van der Waals surface area contributed by atoms with Gasteiger partial charge in [0, 0.05) is 0 Å². The Kier molecular flexibility index (Phi) is 3.55. The summed E-state index contributed by atoms with van der Waals surface area (Å²) in [5.41, 5.74) is 1.95. The van der Waals surface area contributed by atoms with E-state index in [1.807, 2.05) is 30.3 Å². The van der Waals surface area contributed by atoms with Gasteiger partial charge in [0.15, 0.2) is 6.61 Å². The van der Waals surface area contributed by atoms with Gasteiger partial charge in [-0.25, -0.2) is 0 Å². The van der Waals surface area contributed by atoms with Crippen molar-refractivity contribution in [2.75, 3.05) is 6.61 Å². The van der Waals surface area contributed by atoms with Crippen molar-refractivity contribution < 1.29 is 17.9 Å². The Morgan fingerprint density at radius 1 is 0.778 bits per heavy atom. The largest absolute Gasteiger partial charge is 0.484 e. The molecule has 0 bridgehead atoms. The van der Waals surface area contributed by atoms with E-state index < -0.39 is 12.8 Å². The Bertz CT molecular complexity index is 489. The quantitative estimate of drug-likeness (QED) is 0.791. The van der Waals surface area contributed by atoms with Crippen molar-refractivity contribution in [1.82, 2.24) is 0 Å². The number of ether oxygens (including phenoxy) is 1. The fourth-order valence-corrected chi connectivity index (χ4v) is 1.54. The first-order chi connectivity index (χ1) is 8.54. The maximum absolute atomic E-state index is 12.0. The summed E-state index contributed by atoms with van der Waals surface area (Å²) in [5, 5.41) is 0. The predicted octanol–water partition coefficient (Wildman–Crippen LogP) is 4.29. The lowest BCUT2D eigenvalue weighted by atomic mass is 10.1. The molecule has 2 aromatic rings. The maximum atomic E-state index is 12.0. The van der Waals surface area contributed by atoms with E-state index in [4.69, 9.17) is 0 Å². The van der Waals surface area contributed by atoms with Gasteiger partial charge in [-0.05, 0) is 23.3 Å². The first-order valence-electron chi connectivity index (χ1n) is 5.40. The highest BCUT2D eigenvalue weighted by Gasteiger charge is 2.28. The van der Waals surface area contributed by atoms with Crippen molar-refractivity contribution in [2.24, 2.45) is 0 Å². The fraction of sp³-hybridized carbons (Fsp3) is 0.143. The molecule has 0 heterocycles. The Hall–Kier alpha value is -1.97. The average molecular weight is 252 g/mol. The smallest absolute Gasteiger partial charge is 0.422 e. The van der Waals surface area contributed by atoms with Gasteiger partial charge in [0.25, 0.3) is 0 Å². The van der Waals surface area contributed by atoms with Crippen LogP contribution in [0.3, 0.4) is 0 Å². The second-order valence-corrected chi connectivity index (χ2v) is 3.79. The number of hydrogen-bond donors (Lipinski definition) is 0. The van der Waals surface area contributed by atoms with Crippen LogP contribution in [0.2, 0.25) is 0 Å². The maximum Gasteiger partial charge on any atom is 0.422 e. The van der Waals surface area contributed by atoms with E-state index in [2.05, 4.69) is 4.74 Å². The van der Waals surface area contributed by atoms with Crippen LogP contribution < -0.4 is 4.74 Å². The molecule has 0 spiro atoms. The van der Waals surface area contributed by atoms with Crippen LogP contribution in [0.15, 0.2) is 54.6 Å². The first kappa shape index (κ1) is 12.5. The molecule has 0 unspecified atom stereocenters. The van der Waals surface area contributed by atoms with E-state index >= 15 is 0 Å². The molecule has 0 amide bonds. The summed E-state index contributed by atoms with van der Waals surface area (Å²) in [4.78, 5) is 0. The lowest BCUT2D eigenvalue weighted by Gasteiger charge is -2.09. The highest BCUT2D eigenvalue weighted by atomic mass is 19.4. The molecule has 18 heavy (non-hydrogen) atoms. The minimum atomic E-state index is -4.31. The molecule has 0 saturated heterocycles. The molecule has 0 radical (unpaired) electrons. The van der Waals surface area contributed by atoms with Crippen LogP contribution >= 0.6 is 0 Å². The molecule has 0 saturated carbocycles. The van der Waals surface area contributed by atoms with E-state index in [1.165, 1.54) is 12.1 Å². The van der Waals surface area contributed by atoms with Crippen molar-refractivity contribution in [3.8, 4) is 16.9 Å². The van der Waals surface area contributed by atoms with Gasteiger partial charge in [-0.3, -0.25) is 0 Å². The zero-order valence-corrected chi connectivity index (χ0v) is 9.45. The molecule has 94 valence electrons. The third kappa shape index (κ3) is 3.52. The molecule has 0 aromatic heterocycles. The summed E-state index contributed by atoms with van der Waals surface area (Å²) < 4.78 is 40.5. The van der Waals surface area contributed by atoms with Crippen LogP contribution in [-0.4, -0.2) is 12.8 Å². The molecular formula is C14H11F3O. The predicted molar refractivity (Wildman–Crippen MR) is 63.4 cm³/mol. The SMILES string of the molecule is FC(F)(F)COc1ccc(-c2ccccc2)cc1. The Morgan fingerprint density at radius 2 is 1.33 bits per heavy atom. The highest BCUT2D eigenvalue weighted by Crippen LogP contribution is 2.23. The summed E-state index contributed by atoms with van der Waals surface area (Å²) >= 11 is 0. The number of rotatable bonds is 3. The number of hydrogen-bond acceptors (Lipinski definition) is 1. The average Bonchev–Trinajstić information content (AvgIpc) is 2.37. The molecule has 0 fully saturated rings. The normalized spacial score (nSPS) is 11.3. The van der Waals surface area contributed by atoms with Crippen molar-refractivity contribution >= 4 is 0 Å². The minimum Gasteiger partial charge on any atom is -0.484 e. The van der Waals surface area contributed by atoms with Gasteiger partial charge >= 0.3 is 6.18 Å². The van der Waals surface area contributed by atoms with Crippen molar-refractivity contribution in [3.05, 3.63) is 54.6 Å². The van der Waals surface area contributed by atoms with Crippen LogP contribution in [0, 0.1) is 0 Å². The molecule has 4 heteroatoms. The van der Waals surface area contributed by atoms with E-state index in [0.717, 1.165) is 11.1 Å². The lowest BCUT2D eigenvalue weighted by Crippen LogP contribution is -2.19. The van der Waals surface area contributed by atoms with Crippen LogP contribution in [0.1, 0.15) is 0 Å². The van der Waals surface area contributed by atoms with Gasteiger partial charge in [0.1, 0.15) is 5.75 Å². The van der Waals surface area contributed by atoms with Gasteiger partial charge < -0.3 is 4.74 Å². The van der Waals surface area contributed by atoms with E-state index in [-0.39, 0.29) is 5.75 Å². The Balaban J connectivity index is 2.07. The van der Waals surface area contributed by atoms with Crippen molar-refractivity contribution in [1.29, 1.82) is 0 Å². The van der Waals surface area contributed by atoms with E-state index in [9.17, 15) is 13.2 Å².